The number of halogens is 1. The predicted molar refractivity (Wildman–Crippen MR) is 37.5 cm³/mol. The van der Waals surface area contributed by atoms with E-state index < -0.39 is 0 Å². The van der Waals surface area contributed by atoms with Crippen LogP contribution in [-0.4, -0.2) is 16.7 Å². The monoisotopic (exact) mass is 190 g/mol. The molecule has 0 radical (unpaired) electrons. The number of hydrogen-bond donors (Lipinski definition) is 0. The summed E-state index contributed by atoms with van der Waals surface area (Å²) in [5.41, 5.74) is 0. The third kappa shape index (κ3) is 1.08. The molecule has 1 aromatic rings. The first kappa shape index (κ1) is 6.61. The SMILES string of the molecule is COc1ncn(C)c1Br. The van der Waals surface area contributed by atoms with Gasteiger partial charge in [0, 0.05) is 7.05 Å². The summed E-state index contributed by atoms with van der Waals surface area (Å²) in [5.74, 6) is 0.623. The van der Waals surface area contributed by atoms with Gasteiger partial charge in [-0.15, -0.1) is 0 Å². The Bertz CT molecular complexity index is 209. The number of aryl methyl sites for hydroxylation is 1. The maximum absolute atomic E-state index is 4.89. The van der Waals surface area contributed by atoms with E-state index in [1.807, 2.05) is 11.6 Å². The molecule has 9 heavy (non-hydrogen) atoms. The van der Waals surface area contributed by atoms with Gasteiger partial charge in [0.1, 0.15) is 4.60 Å². The van der Waals surface area contributed by atoms with E-state index in [-0.39, 0.29) is 0 Å². The largest absolute Gasteiger partial charge is 0.479 e. The summed E-state index contributed by atoms with van der Waals surface area (Å²) in [4.78, 5) is 3.93. The van der Waals surface area contributed by atoms with Crippen molar-refractivity contribution >= 4 is 15.9 Å². The zero-order valence-electron chi connectivity index (χ0n) is 5.26. The first-order valence-corrected chi connectivity index (χ1v) is 3.26. The van der Waals surface area contributed by atoms with Crippen molar-refractivity contribution in [2.75, 3.05) is 7.11 Å². The average Bonchev–Trinajstić information content (AvgIpc) is 2.15. The van der Waals surface area contributed by atoms with Crippen molar-refractivity contribution in [2.24, 2.45) is 7.05 Å². The summed E-state index contributed by atoms with van der Waals surface area (Å²) in [7, 11) is 3.48. The third-order valence-electron chi connectivity index (χ3n) is 1.03. The molecule has 0 bridgehead atoms. The second-order valence-corrected chi connectivity index (χ2v) is 2.41. The van der Waals surface area contributed by atoms with E-state index >= 15 is 0 Å². The zero-order valence-corrected chi connectivity index (χ0v) is 6.84. The summed E-state index contributed by atoms with van der Waals surface area (Å²) in [6, 6.07) is 0. The molecule has 1 heterocycles. The number of aromatic nitrogens is 2. The van der Waals surface area contributed by atoms with E-state index in [1.165, 1.54) is 0 Å². The molecule has 1 rings (SSSR count). The fraction of sp³-hybridized carbons (Fsp3) is 0.400. The molecule has 0 saturated carbocycles. The predicted octanol–water partition coefficient (Wildman–Crippen LogP) is 1.19. The molecule has 4 heteroatoms. The Morgan fingerprint density at radius 2 is 2.44 bits per heavy atom. The van der Waals surface area contributed by atoms with E-state index in [0.717, 1.165) is 4.60 Å². The van der Waals surface area contributed by atoms with Crippen LogP contribution in [-0.2, 0) is 7.05 Å². The topological polar surface area (TPSA) is 27.1 Å². The van der Waals surface area contributed by atoms with Gasteiger partial charge in [0.25, 0.3) is 0 Å². The molecular formula is C5H7BrN2O. The van der Waals surface area contributed by atoms with Gasteiger partial charge < -0.3 is 9.30 Å². The molecule has 0 amide bonds. The van der Waals surface area contributed by atoms with Crippen molar-refractivity contribution in [1.29, 1.82) is 0 Å². The summed E-state index contributed by atoms with van der Waals surface area (Å²) < 4.78 is 7.58. The second-order valence-electron chi connectivity index (χ2n) is 1.66. The smallest absolute Gasteiger partial charge is 0.246 e. The third-order valence-corrected chi connectivity index (χ3v) is 1.93. The number of hydrogen-bond acceptors (Lipinski definition) is 2. The summed E-state index contributed by atoms with van der Waals surface area (Å²) in [6.07, 6.45) is 1.68. The standard InChI is InChI=1S/C5H7BrN2O/c1-8-3-7-5(9-2)4(8)6/h3H,1-2H3. The van der Waals surface area contributed by atoms with Crippen molar-refractivity contribution in [3.63, 3.8) is 0 Å². The van der Waals surface area contributed by atoms with Crippen molar-refractivity contribution in [3.05, 3.63) is 10.9 Å². The highest BCUT2D eigenvalue weighted by Crippen LogP contribution is 2.20. The van der Waals surface area contributed by atoms with Gasteiger partial charge in [-0.25, -0.2) is 4.98 Å². The number of nitrogens with zero attached hydrogens (tertiary/aromatic N) is 2. The molecule has 1 aromatic heterocycles. The Morgan fingerprint density at radius 3 is 2.67 bits per heavy atom. The van der Waals surface area contributed by atoms with Crippen molar-refractivity contribution in [1.82, 2.24) is 9.55 Å². The molecule has 50 valence electrons. The van der Waals surface area contributed by atoms with Crippen molar-refractivity contribution in [3.8, 4) is 5.88 Å². The van der Waals surface area contributed by atoms with E-state index in [1.54, 1.807) is 13.4 Å². The van der Waals surface area contributed by atoms with Gasteiger partial charge in [-0.3, -0.25) is 0 Å². The van der Waals surface area contributed by atoms with Crippen LogP contribution in [0.1, 0.15) is 0 Å². The first-order valence-electron chi connectivity index (χ1n) is 2.46. The molecule has 0 N–H and O–H groups in total. The van der Waals surface area contributed by atoms with E-state index in [9.17, 15) is 0 Å². The molecule has 0 atom stereocenters. The van der Waals surface area contributed by atoms with Crippen LogP contribution in [0.25, 0.3) is 0 Å². The maximum atomic E-state index is 4.89. The van der Waals surface area contributed by atoms with Crippen LogP contribution in [0, 0.1) is 0 Å². The van der Waals surface area contributed by atoms with Gasteiger partial charge in [0.2, 0.25) is 5.88 Å². The fourth-order valence-electron chi connectivity index (χ4n) is 0.531. The van der Waals surface area contributed by atoms with Crippen LogP contribution in [0.4, 0.5) is 0 Å². The van der Waals surface area contributed by atoms with E-state index in [4.69, 9.17) is 4.74 Å². The number of methoxy groups -OCH3 is 1. The maximum Gasteiger partial charge on any atom is 0.246 e. The second kappa shape index (κ2) is 2.39. The average molecular weight is 191 g/mol. The van der Waals surface area contributed by atoms with Gasteiger partial charge >= 0.3 is 0 Å². The minimum absolute atomic E-state index is 0.623. The van der Waals surface area contributed by atoms with Gasteiger partial charge in [0.05, 0.1) is 13.4 Å². The van der Waals surface area contributed by atoms with Crippen LogP contribution < -0.4 is 4.74 Å². The normalized spacial score (nSPS) is 9.67. The lowest BCUT2D eigenvalue weighted by atomic mass is 10.8. The lowest BCUT2D eigenvalue weighted by Gasteiger charge is -1.93. The minimum atomic E-state index is 0.623. The lowest BCUT2D eigenvalue weighted by molar-refractivity contribution is 0.396. The quantitative estimate of drug-likeness (QED) is 0.666. The Labute approximate surface area is 61.8 Å². The van der Waals surface area contributed by atoms with Crippen LogP contribution >= 0.6 is 15.9 Å². The van der Waals surface area contributed by atoms with Crippen LogP contribution in [0.5, 0.6) is 5.88 Å². The van der Waals surface area contributed by atoms with Crippen molar-refractivity contribution < 1.29 is 4.74 Å². The zero-order chi connectivity index (χ0) is 6.85. The molecule has 0 aromatic carbocycles. The molecule has 0 aliphatic heterocycles. The van der Waals surface area contributed by atoms with Gasteiger partial charge in [-0.1, -0.05) is 0 Å². The van der Waals surface area contributed by atoms with Gasteiger partial charge in [-0.2, -0.15) is 0 Å². The molecule has 0 aliphatic carbocycles. The van der Waals surface area contributed by atoms with Crippen molar-refractivity contribution in [2.45, 2.75) is 0 Å². The fourth-order valence-corrected chi connectivity index (χ4v) is 0.887. The van der Waals surface area contributed by atoms with E-state index in [0.29, 0.717) is 5.88 Å². The first-order chi connectivity index (χ1) is 4.25. The highest BCUT2D eigenvalue weighted by molar-refractivity contribution is 9.10. The number of ether oxygens (including phenoxy) is 1. The molecule has 0 aliphatic rings. The molecule has 0 unspecified atom stereocenters. The Balaban J connectivity index is 3.04. The molecule has 0 saturated heterocycles. The summed E-state index contributed by atoms with van der Waals surface area (Å²) in [6.45, 7) is 0. The van der Waals surface area contributed by atoms with Crippen LogP contribution in [0.3, 0.4) is 0 Å². The molecular weight excluding hydrogens is 184 g/mol. The van der Waals surface area contributed by atoms with Gasteiger partial charge in [0.15, 0.2) is 0 Å². The highest BCUT2D eigenvalue weighted by atomic mass is 79.9. The number of imidazole rings is 1. The van der Waals surface area contributed by atoms with Crippen LogP contribution in [0.15, 0.2) is 10.9 Å². The molecule has 3 nitrogen and oxygen atoms in total. The van der Waals surface area contributed by atoms with Gasteiger partial charge in [-0.05, 0) is 15.9 Å². The molecule has 0 fully saturated rings. The minimum Gasteiger partial charge on any atom is -0.479 e. The van der Waals surface area contributed by atoms with Crippen LogP contribution in [0.2, 0.25) is 0 Å². The lowest BCUT2D eigenvalue weighted by Crippen LogP contribution is -1.85. The Kier molecular flexibility index (Phi) is 1.75. The summed E-state index contributed by atoms with van der Waals surface area (Å²) in [5, 5.41) is 0. The molecule has 0 spiro atoms. The number of rotatable bonds is 1. The van der Waals surface area contributed by atoms with E-state index in [2.05, 4.69) is 20.9 Å². The summed E-state index contributed by atoms with van der Waals surface area (Å²) >= 11 is 3.29. The highest BCUT2D eigenvalue weighted by Gasteiger charge is 2.02. The Morgan fingerprint density at radius 1 is 1.78 bits per heavy atom. The Hall–Kier alpha value is -0.510.